The highest BCUT2D eigenvalue weighted by molar-refractivity contribution is 9.10. The van der Waals surface area contributed by atoms with Crippen LogP contribution in [0.5, 0.6) is 11.5 Å². The lowest BCUT2D eigenvalue weighted by molar-refractivity contribution is 0.0497. The second kappa shape index (κ2) is 9.94. The van der Waals surface area contributed by atoms with Crippen LogP contribution in [-0.2, 0) is 4.74 Å². The van der Waals surface area contributed by atoms with E-state index in [0.717, 1.165) is 24.2 Å². The van der Waals surface area contributed by atoms with Crippen LogP contribution in [0.3, 0.4) is 0 Å². The third-order valence-corrected chi connectivity index (χ3v) is 5.66. The Morgan fingerprint density at radius 2 is 1.88 bits per heavy atom. The molecule has 0 saturated carbocycles. The molecule has 3 rings (SSSR count). The first-order valence-corrected chi connectivity index (χ1v) is 11.2. The fraction of sp³-hybridized carbons (Fsp3) is 0.478. The Bertz CT molecular complexity index is 972. The van der Waals surface area contributed by atoms with Crippen LogP contribution in [-0.4, -0.2) is 50.0 Å². The van der Waals surface area contributed by atoms with Crippen LogP contribution in [0.25, 0.3) is 11.1 Å². The number of methoxy groups -OCH3 is 2. The van der Waals surface area contributed by atoms with E-state index in [1.807, 2.05) is 26.8 Å². The third-order valence-electron chi connectivity index (χ3n) is 5.12. The number of amides is 1. The molecule has 32 heavy (non-hydrogen) atoms. The van der Waals surface area contributed by atoms with Gasteiger partial charge in [-0.1, -0.05) is 6.07 Å². The number of ether oxygens (including phenoxy) is 3. The molecule has 0 radical (unpaired) electrons. The smallest absolute Gasteiger partial charge is 0.407 e. The summed E-state index contributed by atoms with van der Waals surface area (Å²) < 4.78 is 30.8. The normalized spacial score (nSPS) is 14.8. The molecular weight excluding hydrogens is 481 g/mol. The van der Waals surface area contributed by atoms with Crippen LogP contribution >= 0.6 is 15.9 Å². The molecular formula is C23H29BrFN3O4. The molecule has 0 bridgehead atoms. The molecule has 1 fully saturated rings. The summed E-state index contributed by atoms with van der Waals surface area (Å²) in [6, 6.07) is 6.73. The number of carbonyl (C=O) groups excluding carboxylic acids is 1. The Balaban J connectivity index is 1.77. The molecule has 0 atom stereocenters. The Hall–Kier alpha value is -2.55. The topological polar surface area (TPSA) is 72.9 Å². The lowest BCUT2D eigenvalue weighted by Crippen LogP contribution is -2.46. The van der Waals surface area contributed by atoms with Crippen LogP contribution in [0.2, 0.25) is 0 Å². The highest BCUT2D eigenvalue weighted by Crippen LogP contribution is 2.39. The molecule has 1 amide bonds. The third kappa shape index (κ3) is 5.82. The molecule has 0 unspecified atom stereocenters. The van der Waals surface area contributed by atoms with E-state index in [2.05, 4.69) is 31.1 Å². The molecule has 174 valence electrons. The first-order chi connectivity index (χ1) is 15.1. The minimum Gasteiger partial charge on any atom is -0.494 e. The quantitative estimate of drug-likeness (QED) is 0.561. The van der Waals surface area contributed by atoms with Crippen molar-refractivity contribution < 1.29 is 23.4 Å². The molecule has 1 aromatic heterocycles. The maximum absolute atomic E-state index is 14.3. The summed E-state index contributed by atoms with van der Waals surface area (Å²) in [6.45, 7) is 6.95. The molecule has 1 N–H and O–H groups in total. The van der Waals surface area contributed by atoms with E-state index in [4.69, 9.17) is 14.2 Å². The number of alkyl carbamates (subject to hydrolysis) is 1. The second-order valence-corrected chi connectivity index (χ2v) is 9.36. The van der Waals surface area contributed by atoms with E-state index >= 15 is 0 Å². The number of rotatable bonds is 5. The summed E-state index contributed by atoms with van der Waals surface area (Å²) in [6.07, 6.45) is 1.12. The van der Waals surface area contributed by atoms with Crippen molar-refractivity contribution in [3.63, 3.8) is 0 Å². The van der Waals surface area contributed by atoms with Gasteiger partial charge in [-0.2, -0.15) is 0 Å². The molecule has 1 saturated heterocycles. The monoisotopic (exact) mass is 509 g/mol. The number of nitrogens with zero attached hydrogens (tertiary/aromatic N) is 2. The number of hydrogen-bond acceptors (Lipinski definition) is 6. The van der Waals surface area contributed by atoms with Gasteiger partial charge < -0.3 is 24.4 Å². The van der Waals surface area contributed by atoms with Crippen LogP contribution in [0, 0.1) is 5.82 Å². The number of benzene rings is 1. The van der Waals surface area contributed by atoms with Crippen molar-refractivity contribution in [1.82, 2.24) is 10.3 Å². The van der Waals surface area contributed by atoms with Crippen molar-refractivity contribution in [2.75, 3.05) is 32.2 Å². The van der Waals surface area contributed by atoms with E-state index < -0.39 is 17.5 Å². The molecule has 0 spiro atoms. The lowest BCUT2D eigenvalue weighted by atomic mass is 10.0. The van der Waals surface area contributed by atoms with Gasteiger partial charge in [0, 0.05) is 24.7 Å². The number of halogens is 2. The second-order valence-electron chi connectivity index (χ2n) is 8.61. The zero-order valence-electron chi connectivity index (χ0n) is 19.0. The SMILES string of the molecule is COc1ccc(-c2cc(N3CCC(NC(=O)OC(C)(C)C)CC3)nc(Br)c2OC)cc1F. The van der Waals surface area contributed by atoms with Crippen LogP contribution in [0.4, 0.5) is 15.0 Å². The number of piperidine rings is 1. The van der Waals surface area contributed by atoms with E-state index in [1.54, 1.807) is 19.2 Å². The van der Waals surface area contributed by atoms with Gasteiger partial charge in [-0.3, -0.25) is 0 Å². The van der Waals surface area contributed by atoms with Gasteiger partial charge in [-0.25, -0.2) is 14.2 Å². The van der Waals surface area contributed by atoms with Gasteiger partial charge in [0.05, 0.1) is 14.2 Å². The maximum atomic E-state index is 14.3. The van der Waals surface area contributed by atoms with Gasteiger partial charge in [0.2, 0.25) is 0 Å². The first-order valence-electron chi connectivity index (χ1n) is 10.4. The largest absolute Gasteiger partial charge is 0.494 e. The van der Waals surface area contributed by atoms with Crippen molar-refractivity contribution in [3.8, 4) is 22.6 Å². The Morgan fingerprint density at radius 1 is 1.19 bits per heavy atom. The average Bonchev–Trinajstić information content (AvgIpc) is 2.72. The molecule has 1 aliphatic rings. The van der Waals surface area contributed by atoms with Crippen molar-refractivity contribution >= 4 is 27.8 Å². The van der Waals surface area contributed by atoms with E-state index in [0.29, 0.717) is 29.0 Å². The van der Waals surface area contributed by atoms with Gasteiger partial charge >= 0.3 is 6.09 Å². The zero-order chi connectivity index (χ0) is 23.5. The van der Waals surface area contributed by atoms with E-state index in [9.17, 15) is 9.18 Å². The van der Waals surface area contributed by atoms with Gasteiger partial charge in [0.15, 0.2) is 21.9 Å². The lowest BCUT2D eigenvalue weighted by Gasteiger charge is -2.34. The summed E-state index contributed by atoms with van der Waals surface area (Å²) in [4.78, 5) is 18.8. The summed E-state index contributed by atoms with van der Waals surface area (Å²) in [5.41, 5.74) is 0.854. The van der Waals surface area contributed by atoms with Crippen LogP contribution in [0.1, 0.15) is 33.6 Å². The number of carbonyl (C=O) groups is 1. The number of nitrogens with one attached hydrogen (secondary N) is 1. The molecule has 1 aromatic carbocycles. The van der Waals surface area contributed by atoms with Crippen LogP contribution < -0.4 is 19.7 Å². The Morgan fingerprint density at radius 3 is 2.44 bits per heavy atom. The van der Waals surface area contributed by atoms with E-state index in [-0.39, 0.29) is 11.8 Å². The van der Waals surface area contributed by atoms with Gasteiger partial charge in [-0.15, -0.1) is 0 Å². The maximum Gasteiger partial charge on any atom is 0.407 e. The Labute approximate surface area is 196 Å². The van der Waals surface area contributed by atoms with Gasteiger partial charge in [-0.05, 0) is 73.3 Å². The minimum absolute atomic E-state index is 0.0398. The van der Waals surface area contributed by atoms with Gasteiger partial charge in [0.1, 0.15) is 11.4 Å². The minimum atomic E-state index is -0.526. The fourth-order valence-corrected chi connectivity index (χ4v) is 4.18. The summed E-state index contributed by atoms with van der Waals surface area (Å²) in [5, 5.41) is 2.94. The van der Waals surface area contributed by atoms with Gasteiger partial charge in [0.25, 0.3) is 0 Å². The standard InChI is InChI=1S/C23H29BrFN3O4/c1-23(2,3)32-22(29)26-15-8-10-28(11-9-15)19-13-16(20(31-5)21(24)27-19)14-6-7-18(30-4)17(25)12-14/h6-7,12-13,15H,8-11H2,1-5H3,(H,26,29). The molecule has 1 aliphatic heterocycles. The van der Waals surface area contributed by atoms with Crippen LogP contribution in [0.15, 0.2) is 28.9 Å². The number of hydrogen-bond donors (Lipinski definition) is 1. The molecule has 2 aromatic rings. The number of anilines is 1. The summed E-state index contributed by atoms with van der Waals surface area (Å²) >= 11 is 3.49. The fourth-order valence-electron chi connectivity index (χ4n) is 3.62. The first kappa shape index (κ1) is 24.1. The predicted molar refractivity (Wildman–Crippen MR) is 125 cm³/mol. The van der Waals surface area contributed by atoms with Crippen molar-refractivity contribution in [1.29, 1.82) is 0 Å². The Kier molecular flexibility index (Phi) is 7.48. The average molecular weight is 510 g/mol. The highest BCUT2D eigenvalue weighted by Gasteiger charge is 2.25. The predicted octanol–water partition coefficient (Wildman–Crippen LogP) is 5.16. The van der Waals surface area contributed by atoms with Crippen molar-refractivity contribution in [2.24, 2.45) is 0 Å². The van der Waals surface area contributed by atoms with Crippen molar-refractivity contribution in [3.05, 3.63) is 34.7 Å². The molecule has 9 heteroatoms. The number of aromatic nitrogens is 1. The zero-order valence-corrected chi connectivity index (χ0v) is 20.6. The number of pyridine rings is 1. The molecule has 0 aliphatic carbocycles. The highest BCUT2D eigenvalue weighted by atomic mass is 79.9. The van der Waals surface area contributed by atoms with Crippen molar-refractivity contribution in [2.45, 2.75) is 45.3 Å². The summed E-state index contributed by atoms with van der Waals surface area (Å²) in [7, 11) is 2.99. The molecule has 2 heterocycles. The summed E-state index contributed by atoms with van der Waals surface area (Å²) in [5.74, 6) is 1.01. The van der Waals surface area contributed by atoms with E-state index in [1.165, 1.54) is 13.2 Å². The molecule has 7 nitrogen and oxygen atoms in total.